The summed E-state index contributed by atoms with van der Waals surface area (Å²) < 4.78 is 39.1. The van der Waals surface area contributed by atoms with E-state index >= 15 is 0 Å². The summed E-state index contributed by atoms with van der Waals surface area (Å²) in [5.41, 5.74) is 2.21. The van der Waals surface area contributed by atoms with Crippen LogP contribution in [0, 0.1) is 5.92 Å². The molecule has 1 heterocycles. The van der Waals surface area contributed by atoms with Crippen molar-refractivity contribution in [3.63, 3.8) is 0 Å². The molecule has 9 heteroatoms. The lowest BCUT2D eigenvalue weighted by Gasteiger charge is -2.29. The Balaban J connectivity index is 1.31. The zero-order valence-electron chi connectivity index (χ0n) is 20.1. The Hall–Kier alpha value is -3.00. The first-order chi connectivity index (χ1) is 17.3. The molecule has 0 atom stereocenters. The molecule has 1 aliphatic rings. The minimum absolute atomic E-state index is 0.00991. The van der Waals surface area contributed by atoms with Gasteiger partial charge >= 0.3 is 6.18 Å². The number of aromatic amines is 1. The number of hydrogen-bond acceptors (Lipinski definition) is 3. The SMILES string of the molecule is CCCc1c(-c2ccccc2)n[nH]c1NC[C@H]1CC[C@H](NC(=O)c2cc(C(F)(F)F)ccc2Cl)CC1. The fourth-order valence-electron chi connectivity index (χ4n) is 4.74. The van der Waals surface area contributed by atoms with Crippen molar-refractivity contribution >= 4 is 23.3 Å². The molecule has 0 aliphatic heterocycles. The number of amides is 1. The minimum atomic E-state index is -4.53. The second-order valence-electron chi connectivity index (χ2n) is 9.31. The zero-order valence-corrected chi connectivity index (χ0v) is 20.8. The predicted octanol–water partition coefficient (Wildman–Crippen LogP) is 7.10. The van der Waals surface area contributed by atoms with Gasteiger partial charge in [-0.25, -0.2) is 0 Å². The molecule has 0 radical (unpaired) electrons. The predicted molar refractivity (Wildman–Crippen MR) is 136 cm³/mol. The number of rotatable bonds is 8. The van der Waals surface area contributed by atoms with Crippen molar-refractivity contribution < 1.29 is 18.0 Å². The smallest absolute Gasteiger partial charge is 0.370 e. The second-order valence-corrected chi connectivity index (χ2v) is 9.71. The molecule has 1 amide bonds. The Morgan fingerprint density at radius 1 is 1.11 bits per heavy atom. The molecule has 0 bridgehead atoms. The van der Waals surface area contributed by atoms with Gasteiger partial charge in [0.05, 0.1) is 21.8 Å². The van der Waals surface area contributed by atoms with Crippen LogP contribution in [0.4, 0.5) is 19.0 Å². The molecule has 5 nitrogen and oxygen atoms in total. The van der Waals surface area contributed by atoms with E-state index in [0.717, 1.165) is 80.3 Å². The van der Waals surface area contributed by atoms with E-state index < -0.39 is 17.6 Å². The number of nitrogens with one attached hydrogen (secondary N) is 3. The maximum atomic E-state index is 13.0. The number of alkyl halides is 3. The Morgan fingerprint density at radius 3 is 2.50 bits per heavy atom. The Bertz CT molecular complexity index is 1170. The number of benzene rings is 2. The highest BCUT2D eigenvalue weighted by Gasteiger charge is 2.32. The molecule has 192 valence electrons. The van der Waals surface area contributed by atoms with Crippen LogP contribution in [0.2, 0.25) is 5.02 Å². The average molecular weight is 519 g/mol. The second kappa shape index (κ2) is 11.4. The number of aromatic nitrogens is 2. The van der Waals surface area contributed by atoms with Crippen LogP contribution in [0.1, 0.15) is 60.5 Å². The van der Waals surface area contributed by atoms with Gasteiger partial charge in [0.2, 0.25) is 0 Å². The monoisotopic (exact) mass is 518 g/mol. The summed E-state index contributed by atoms with van der Waals surface area (Å²) in [5.74, 6) is 0.807. The van der Waals surface area contributed by atoms with E-state index in [1.165, 1.54) is 5.56 Å². The van der Waals surface area contributed by atoms with Gasteiger partial charge in [-0.15, -0.1) is 0 Å². The lowest BCUT2D eigenvalue weighted by atomic mass is 9.86. The van der Waals surface area contributed by atoms with Crippen molar-refractivity contribution in [2.75, 3.05) is 11.9 Å². The fraction of sp³-hybridized carbons (Fsp3) is 0.407. The summed E-state index contributed by atoms with van der Waals surface area (Å²) in [7, 11) is 0. The number of anilines is 1. The van der Waals surface area contributed by atoms with Gasteiger partial charge in [-0.1, -0.05) is 55.3 Å². The van der Waals surface area contributed by atoms with E-state index in [2.05, 4.69) is 39.9 Å². The van der Waals surface area contributed by atoms with Crippen molar-refractivity contribution in [1.82, 2.24) is 15.5 Å². The molecular formula is C27H30ClF3N4O. The van der Waals surface area contributed by atoms with Crippen molar-refractivity contribution in [3.05, 3.63) is 70.2 Å². The molecule has 1 aromatic heterocycles. The third-order valence-electron chi connectivity index (χ3n) is 6.70. The average Bonchev–Trinajstić information content (AvgIpc) is 3.26. The molecule has 2 aromatic carbocycles. The van der Waals surface area contributed by atoms with Gasteiger partial charge in [-0.05, 0) is 56.2 Å². The summed E-state index contributed by atoms with van der Waals surface area (Å²) in [6.07, 6.45) is 0.713. The van der Waals surface area contributed by atoms with E-state index in [4.69, 9.17) is 11.6 Å². The van der Waals surface area contributed by atoms with E-state index in [1.807, 2.05) is 18.2 Å². The maximum Gasteiger partial charge on any atom is 0.416 e. The van der Waals surface area contributed by atoms with Crippen LogP contribution in [0.25, 0.3) is 11.3 Å². The van der Waals surface area contributed by atoms with Crippen LogP contribution in [0.15, 0.2) is 48.5 Å². The van der Waals surface area contributed by atoms with Gasteiger partial charge < -0.3 is 10.6 Å². The van der Waals surface area contributed by atoms with Crippen molar-refractivity contribution in [2.45, 2.75) is 57.7 Å². The lowest BCUT2D eigenvalue weighted by Crippen LogP contribution is -2.38. The molecule has 3 N–H and O–H groups in total. The van der Waals surface area contributed by atoms with Gasteiger partial charge in [0.15, 0.2) is 0 Å². The molecular weight excluding hydrogens is 489 g/mol. The molecule has 3 aromatic rings. The lowest BCUT2D eigenvalue weighted by molar-refractivity contribution is -0.137. The largest absolute Gasteiger partial charge is 0.416 e. The van der Waals surface area contributed by atoms with Gasteiger partial charge in [0.1, 0.15) is 5.82 Å². The minimum Gasteiger partial charge on any atom is -0.370 e. The van der Waals surface area contributed by atoms with Gasteiger partial charge in [-0.3, -0.25) is 9.89 Å². The summed E-state index contributed by atoms with van der Waals surface area (Å²) >= 11 is 6.01. The molecule has 0 spiro atoms. The number of carbonyl (C=O) groups excluding carboxylic acids is 1. The molecule has 1 fully saturated rings. The van der Waals surface area contributed by atoms with Crippen molar-refractivity contribution in [1.29, 1.82) is 0 Å². The topological polar surface area (TPSA) is 69.8 Å². The first kappa shape index (κ1) is 26.1. The number of hydrogen-bond donors (Lipinski definition) is 3. The summed E-state index contributed by atoms with van der Waals surface area (Å²) in [6, 6.07) is 12.8. The maximum absolute atomic E-state index is 13.0. The summed E-state index contributed by atoms with van der Waals surface area (Å²) in [5, 5.41) is 14.1. The normalized spacial score (nSPS) is 18.1. The standard InChI is InChI=1S/C27H30ClF3N4O/c1-2-6-21-24(18-7-4-3-5-8-18)34-35-25(21)32-16-17-9-12-20(13-10-17)33-26(36)22-15-19(27(29,30)31)11-14-23(22)28/h3-5,7-8,11,14-15,17,20H,2,6,9-10,12-13,16H2,1H3,(H,33,36)(H2,32,34,35)/t17-,20-. The molecule has 4 rings (SSSR count). The van der Waals surface area contributed by atoms with Crippen LogP contribution in [-0.2, 0) is 12.6 Å². The highest BCUT2D eigenvalue weighted by Crippen LogP contribution is 2.33. The van der Waals surface area contributed by atoms with E-state index in [9.17, 15) is 18.0 Å². The highest BCUT2D eigenvalue weighted by atomic mass is 35.5. The third-order valence-corrected chi connectivity index (χ3v) is 7.03. The number of halogens is 4. The molecule has 1 aliphatic carbocycles. The van der Waals surface area contributed by atoms with Crippen LogP contribution in [0.5, 0.6) is 0 Å². The Morgan fingerprint density at radius 2 is 1.83 bits per heavy atom. The zero-order chi connectivity index (χ0) is 25.7. The summed E-state index contributed by atoms with van der Waals surface area (Å²) in [6.45, 7) is 2.93. The van der Waals surface area contributed by atoms with Crippen LogP contribution >= 0.6 is 11.6 Å². The van der Waals surface area contributed by atoms with Crippen LogP contribution in [-0.4, -0.2) is 28.7 Å². The van der Waals surface area contributed by atoms with Crippen molar-refractivity contribution in [3.8, 4) is 11.3 Å². The first-order valence-corrected chi connectivity index (χ1v) is 12.7. The van der Waals surface area contributed by atoms with Gasteiger partial charge in [-0.2, -0.15) is 18.3 Å². The van der Waals surface area contributed by atoms with Crippen molar-refractivity contribution in [2.24, 2.45) is 5.92 Å². The number of nitrogens with zero attached hydrogens (tertiary/aromatic N) is 1. The summed E-state index contributed by atoms with van der Waals surface area (Å²) in [4.78, 5) is 12.6. The Kier molecular flexibility index (Phi) is 8.24. The quantitative estimate of drug-likeness (QED) is 0.298. The third kappa shape index (κ3) is 6.22. The van der Waals surface area contributed by atoms with E-state index in [0.29, 0.717) is 5.92 Å². The van der Waals surface area contributed by atoms with E-state index in [-0.39, 0.29) is 16.6 Å². The number of H-pyrrole nitrogens is 1. The Labute approximate surface area is 213 Å². The highest BCUT2D eigenvalue weighted by molar-refractivity contribution is 6.33. The van der Waals surface area contributed by atoms with Crippen LogP contribution in [0.3, 0.4) is 0 Å². The fourth-order valence-corrected chi connectivity index (χ4v) is 4.94. The number of carbonyl (C=O) groups is 1. The first-order valence-electron chi connectivity index (χ1n) is 12.3. The van der Waals surface area contributed by atoms with Gasteiger partial charge in [0, 0.05) is 23.7 Å². The van der Waals surface area contributed by atoms with Crippen LogP contribution < -0.4 is 10.6 Å². The molecule has 0 unspecified atom stereocenters. The molecule has 1 saturated carbocycles. The molecule has 0 saturated heterocycles. The van der Waals surface area contributed by atoms with E-state index in [1.54, 1.807) is 0 Å². The molecule has 36 heavy (non-hydrogen) atoms. The van der Waals surface area contributed by atoms with Gasteiger partial charge in [0.25, 0.3) is 5.91 Å².